The van der Waals surface area contributed by atoms with Gasteiger partial charge in [-0.3, -0.25) is 9.59 Å². The maximum atomic E-state index is 12.2. The van der Waals surface area contributed by atoms with Crippen molar-refractivity contribution in [3.05, 3.63) is 51.5 Å². The van der Waals surface area contributed by atoms with Crippen LogP contribution in [0, 0.1) is 20.8 Å². The van der Waals surface area contributed by atoms with Gasteiger partial charge in [-0.1, -0.05) is 15.9 Å². The van der Waals surface area contributed by atoms with E-state index in [-0.39, 0.29) is 24.8 Å². The van der Waals surface area contributed by atoms with Gasteiger partial charge in [-0.15, -0.1) is 0 Å². The maximum absolute atomic E-state index is 12.2. The minimum absolute atomic E-state index is 0.0771. The average Bonchev–Trinajstić information content (AvgIpc) is 3.11. The lowest BCUT2D eigenvalue weighted by atomic mass is 10.1. The number of hydrogen-bond donors (Lipinski definition) is 2. The van der Waals surface area contributed by atoms with Crippen molar-refractivity contribution in [1.82, 2.24) is 24.9 Å². The van der Waals surface area contributed by atoms with Gasteiger partial charge in [0.15, 0.2) is 0 Å². The van der Waals surface area contributed by atoms with E-state index in [2.05, 4.69) is 41.6 Å². The lowest BCUT2D eigenvalue weighted by Gasteiger charge is -2.11. The van der Waals surface area contributed by atoms with Crippen molar-refractivity contribution in [2.75, 3.05) is 11.9 Å². The van der Waals surface area contributed by atoms with Crippen molar-refractivity contribution in [2.24, 2.45) is 0 Å². The van der Waals surface area contributed by atoms with E-state index in [0.29, 0.717) is 17.9 Å². The molecular weight excluding hydrogens is 424 g/mol. The fourth-order valence-electron chi connectivity index (χ4n) is 2.95. The first-order chi connectivity index (χ1) is 13.3. The number of carbonyl (C=O) groups is 2. The normalized spacial score (nSPS) is 10.9. The van der Waals surface area contributed by atoms with Crippen LogP contribution in [0.5, 0.6) is 0 Å². The highest BCUT2D eigenvalue weighted by atomic mass is 79.9. The molecule has 0 unspecified atom stereocenters. The van der Waals surface area contributed by atoms with Crippen LogP contribution in [-0.4, -0.2) is 37.9 Å². The molecule has 0 saturated heterocycles. The molecule has 3 aromatic rings. The first-order valence-electron chi connectivity index (χ1n) is 8.83. The fraction of sp³-hybridized carbons (Fsp3) is 0.316. The zero-order valence-corrected chi connectivity index (χ0v) is 17.5. The third-order valence-corrected chi connectivity index (χ3v) is 5.37. The molecule has 1 aromatic carbocycles. The smallest absolute Gasteiger partial charge is 0.252 e. The Bertz CT molecular complexity index is 1050. The number of halogens is 1. The molecule has 0 atom stereocenters. The Hall–Kier alpha value is -2.81. The highest BCUT2D eigenvalue weighted by Crippen LogP contribution is 2.20. The molecule has 0 fully saturated rings. The Balaban J connectivity index is 1.52. The van der Waals surface area contributed by atoms with E-state index in [0.717, 1.165) is 27.0 Å². The molecule has 2 aromatic heterocycles. The topological polar surface area (TPSA) is 101 Å². The van der Waals surface area contributed by atoms with Gasteiger partial charge in [-0.2, -0.15) is 10.1 Å². The largest absolute Gasteiger partial charge is 0.347 e. The first-order valence-corrected chi connectivity index (χ1v) is 9.63. The van der Waals surface area contributed by atoms with Crippen LogP contribution >= 0.6 is 15.9 Å². The molecule has 0 bridgehead atoms. The molecule has 28 heavy (non-hydrogen) atoms. The molecule has 146 valence electrons. The van der Waals surface area contributed by atoms with E-state index in [1.54, 1.807) is 10.6 Å². The number of carbonyl (C=O) groups excluding carboxylic acids is 2. The highest BCUT2D eigenvalue weighted by Gasteiger charge is 2.13. The molecular formula is C19H21BrN6O2. The Kier molecular flexibility index (Phi) is 6.03. The predicted molar refractivity (Wildman–Crippen MR) is 109 cm³/mol. The third kappa shape index (κ3) is 4.53. The number of hydrogen-bond acceptors (Lipinski definition) is 5. The summed E-state index contributed by atoms with van der Waals surface area (Å²) >= 11 is 3.42. The van der Waals surface area contributed by atoms with E-state index >= 15 is 0 Å². The summed E-state index contributed by atoms with van der Waals surface area (Å²) in [7, 11) is 0. The van der Waals surface area contributed by atoms with E-state index in [1.165, 1.54) is 6.33 Å². The Morgan fingerprint density at radius 1 is 1.18 bits per heavy atom. The van der Waals surface area contributed by atoms with Crippen LogP contribution in [0.15, 0.2) is 29.0 Å². The summed E-state index contributed by atoms with van der Waals surface area (Å²) < 4.78 is 2.64. The first kappa shape index (κ1) is 19.9. The maximum Gasteiger partial charge on any atom is 0.252 e. The number of amides is 2. The number of anilines is 1. The standard InChI is InChI=1S/C19H21BrN6O2/c1-11-8-14(4-6-16(11)20)25-18(28)9-21-17(27)7-5-15-12(2)24-19-22-10-23-26(19)13(15)3/h4,6,8,10H,5,7,9H2,1-3H3,(H,21,27)(H,25,28). The van der Waals surface area contributed by atoms with Crippen LogP contribution in [0.1, 0.15) is 28.9 Å². The Morgan fingerprint density at radius 3 is 2.71 bits per heavy atom. The van der Waals surface area contributed by atoms with Gasteiger partial charge in [0.05, 0.1) is 6.54 Å². The molecule has 2 amide bonds. The van der Waals surface area contributed by atoms with Gasteiger partial charge in [-0.05, 0) is 56.5 Å². The van der Waals surface area contributed by atoms with Crippen molar-refractivity contribution in [1.29, 1.82) is 0 Å². The van der Waals surface area contributed by atoms with Gasteiger partial charge >= 0.3 is 0 Å². The average molecular weight is 445 g/mol. The summed E-state index contributed by atoms with van der Waals surface area (Å²) in [5.41, 5.74) is 4.41. The van der Waals surface area contributed by atoms with Crippen LogP contribution in [0.3, 0.4) is 0 Å². The van der Waals surface area contributed by atoms with Crippen molar-refractivity contribution in [3.63, 3.8) is 0 Å². The molecule has 2 N–H and O–H groups in total. The minimum atomic E-state index is -0.270. The number of nitrogens with zero attached hydrogens (tertiary/aromatic N) is 4. The zero-order chi connectivity index (χ0) is 20.3. The van der Waals surface area contributed by atoms with Crippen LogP contribution in [-0.2, 0) is 16.0 Å². The second-order valence-electron chi connectivity index (χ2n) is 6.52. The SMILES string of the molecule is Cc1cc(NC(=O)CNC(=O)CCc2c(C)nc3ncnn3c2C)ccc1Br. The van der Waals surface area contributed by atoms with Crippen LogP contribution in [0.25, 0.3) is 5.78 Å². The second kappa shape index (κ2) is 8.47. The molecule has 0 saturated carbocycles. The van der Waals surface area contributed by atoms with Gasteiger partial charge in [-0.25, -0.2) is 9.50 Å². The number of fused-ring (bicyclic) bond motifs is 1. The highest BCUT2D eigenvalue weighted by molar-refractivity contribution is 9.10. The molecule has 0 aliphatic rings. The number of rotatable bonds is 6. The third-order valence-electron chi connectivity index (χ3n) is 4.48. The van der Waals surface area contributed by atoms with E-state index < -0.39 is 0 Å². The van der Waals surface area contributed by atoms with Crippen LogP contribution < -0.4 is 10.6 Å². The molecule has 0 aliphatic heterocycles. The molecule has 2 heterocycles. The summed E-state index contributed by atoms with van der Waals surface area (Å²) in [5, 5.41) is 9.57. The lowest BCUT2D eigenvalue weighted by molar-refractivity contribution is -0.124. The molecule has 8 nitrogen and oxygen atoms in total. The van der Waals surface area contributed by atoms with Gasteiger partial charge in [0.25, 0.3) is 5.78 Å². The van der Waals surface area contributed by atoms with Crippen LogP contribution in [0.4, 0.5) is 5.69 Å². The Morgan fingerprint density at radius 2 is 1.96 bits per heavy atom. The monoisotopic (exact) mass is 444 g/mol. The Labute approximate surface area is 170 Å². The minimum Gasteiger partial charge on any atom is -0.347 e. The van der Waals surface area contributed by atoms with Gasteiger partial charge in [0.2, 0.25) is 11.8 Å². The van der Waals surface area contributed by atoms with Gasteiger partial charge in [0.1, 0.15) is 6.33 Å². The summed E-state index contributed by atoms with van der Waals surface area (Å²) in [6, 6.07) is 5.53. The van der Waals surface area contributed by atoms with Crippen molar-refractivity contribution >= 4 is 39.2 Å². The van der Waals surface area contributed by atoms with Crippen LogP contribution in [0.2, 0.25) is 0 Å². The molecule has 0 radical (unpaired) electrons. The van der Waals surface area contributed by atoms with E-state index in [9.17, 15) is 9.59 Å². The number of aryl methyl sites for hydroxylation is 3. The number of aromatic nitrogens is 4. The quantitative estimate of drug-likeness (QED) is 0.607. The van der Waals surface area contributed by atoms with Crippen molar-refractivity contribution in [2.45, 2.75) is 33.6 Å². The lowest BCUT2D eigenvalue weighted by Crippen LogP contribution is -2.33. The summed E-state index contributed by atoms with van der Waals surface area (Å²) in [6.07, 6.45) is 2.23. The molecule has 9 heteroatoms. The van der Waals surface area contributed by atoms with E-state index in [1.807, 2.05) is 32.9 Å². The van der Waals surface area contributed by atoms with Crippen molar-refractivity contribution < 1.29 is 9.59 Å². The fourth-order valence-corrected chi connectivity index (χ4v) is 3.20. The van der Waals surface area contributed by atoms with Gasteiger partial charge in [0, 0.05) is 28.0 Å². The molecule has 0 aliphatic carbocycles. The zero-order valence-electron chi connectivity index (χ0n) is 15.9. The molecule has 0 spiro atoms. The van der Waals surface area contributed by atoms with Gasteiger partial charge < -0.3 is 10.6 Å². The predicted octanol–water partition coefficient (Wildman–Crippen LogP) is 2.50. The molecule has 3 rings (SSSR count). The summed E-state index contributed by atoms with van der Waals surface area (Å²) in [5.74, 6) is 0.0795. The second-order valence-corrected chi connectivity index (χ2v) is 7.38. The van der Waals surface area contributed by atoms with E-state index in [4.69, 9.17) is 0 Å². The summed E-state index contributed by atoms with van der Waals surface area (Å²) in [4.78, 5) is 32.7. The number of nitrogens with one attached hydrogen (secondary N) is 2. The van der Waals surface area contributed by atoms with Crippen molar-refractivity contribution in [3.8, 4) is 0 Å². The number of benzene rings is 1. The summed E-state index contributed by atoms with van der Waals surface area (Å²) in [6.45, 7) is 5.68.